The van der Waals surface area contributed by atoms with Crippen LogP contribution in [0.15, 0.2) is 12.0 Å². The summed E-state index contributed by atoms with van der Waals surface area (Å²) in [6.45, 7) is 2.74. The van der Waals surface area contributed by atoms with Crippen LogP contribution in [0, 0.1) is 0 Å². The van der Waals surface area contributed by atoms with Gasteiger partial charge in [0.05, 0.1) is 0 Å². The number of amides is 1. The summed E-state index contributed by atoms with van der Waals surface area (Å²) in [5, 5.41) is 11.3. The van der Waals surface area contributed by atoms with Crippen LogP contribution in [0.4, 0.5) is 0 Å². The first kappa shape index (κ1) is 10.8. The van der Waals surface area contributed by atoms with E-state index in [1.807, 2.05) is 6.92 Å². The molecule has 0 aromatic rings. The molecule has 1 rings (SSSR count). The highest BCUT2D eigenvalue weighted by Crippen LogP contribution is 2.04. The minimum atomic E-state index is -0.300. The molecule has 2 N–H and O–H groups in total. The molecule has 1 atom stereocenters. The van der Waals surface area contributed by atoms with Crippen molar-refractivity contribution in [3.05, 3.63) is 12.0 Å². The Hall–Kier alpha value is -1.23. The van der Waals surface area contributed by atoms with Gasteiger partial charge in [-0.15, -0.1) is 0 Å². The average Bonchev–Trinajstić information content (AvgIpc) is 2.19. The summed E-state index contributed by atoms with van der Waals surface area (Å²) in [7, 11) is 0. The zero-order valence-electron chi connectivity index (χ0n) is 8.16. The summed E-state index contributed by atoms with van der Waals surface area (Å²) in [4.78, 5) is 11.4. The molecule has 0 aromatic carbocycles. The van der Waals surface area contributed by atoms with E-state index in [4.69, 9.17) is 14.6 Å². The molecule has 0 aliphatic carbocycles. The first-order valence-corrected chi connectivity index (χ1v) is 4.60. The van der Waals surface area contributed by atoms with Gasteiger partial charge in [-0.05, 0) is 13.3 Å². The van der Waals surface area contributed by atoms with Crippen LogP contribution in [0.1, 0.15) is 13.3 Å². The molecule has 1 heterocycles. The standard InChI is InChI=1S/C9H15NO4/c1-7(2-3-11)10-9(12)8-6-13-4-5-14-8/h6-7,11H,2-5H2,1H3,(H,10,12). The monoisotopic (exact) mass is 201 g/mol. The number of rotatable bonds is 4. The molecule has 5 nitrogen and oxygen atoms in total. The Morgan fingerprint density at radius 3 is 3.07 bits per heavy atom. The Morgan fingerprint density at radius 1 is 1.71 bits per heavy atom. The van der Waals surface area contributed by atoms with Gasteiger partial charge in [-0.3, -0.25) is 4.79 Å². The van der Waals surface area contributed by atoms with Gasteiger partial charge in [0, 0.05) is 12.6 Å². The first-order valence-electron chi connectivity index (χ1n) is 4.60. The molecule has 1 aliphatic rings. The van der Waals surface area contributed by atoms with Gasteiger partial charge in [0.25, 0.3) is 5.91 Å². The third-order valence-corrected chi connectivity index (χ3v) is 1.81. The largest absolute Gasteiger partial charge is 0.494 e. The van der Waals surface area contributed by atoms with Crippen molar-refractivity contribution >= 4 is 5.91 Å². The zero-order valence-corrected chi connectivity index (χ0v) is 8.16. The van der Waals surface area contributed by atoms with Gasteiger partial charge in [-0.2, -0.15) is 0 Å². The molecule has 0 spiro atoms. The topological polar surface area (TPSA) is 67.8 Å². The van der Waals surface area contributed by atoms with Crippen molar-refractivity contribution in [3.63, 3.8) is 0 Å². The second-order valence-corrected chi connectivity index (χ2v) is 3.09. The minimum Gasteiger partial charge on any atom is -0.494 e. The summed E-state index contributed by atoms with van der Waals surface area (Å²) in [5.74, 6) is -0.105. The molecular formula is C9H15NO4. The zero-order chi connectivity index (χ0) is 10.4. The second-order valence-electron chi connectivity index (χ2n) is 3.09. The van der Waals surface area contributed by atoms with Crippen LogP contribution in [-0.2, 0) is 14.3 Å². The van der Waals surface area contributed by atoms with Gasteiger partial charge in [0.2, 0.25) is 5.76 Å². The van der Waals surface area contributed by atoms with Crippen molar-refractivity contribution in [2.75, 3.05) is 19.8 Å². The van der Waals surface area contributed by atoms with Crippen LogP contribution in [0.3, 0.4) is 0 Å². The fraction of sp³-hybridized carbons (Fsp3) is 0.667. The molecule has 0 radical (unpaired) electrons. The third-order valence-electron chi connectivity index (χ3n) is 1.81. The Kier molecular flexibility index (Phi) is 4.25. The van der Waals surface area contributed by atoms with Crippen LogP contribution in [0.5, 0.6) is 0 Å². The molecular weight excluding hydrogens is 186 g/mol. The molecule has 0 fully saturated rings. The predicted octanol–water partition coefficient (Wildman–Crippen LogP) is -0.238. The molecule has 0 saturated carbocycles. The van der Waals surface area contributed by atoms with Crippen molar-refractivity contribution in [2.45, 2.75) is 19.4 Å². The quantitative estimate of drug-likeness (QED) is 0.659. The third kappa shape index (κ3) is 3.26. The molecule has 0 saturated heterocycles. The molecule has 1 unspecified atom stereocenters. The number of hydrogen-bond donors (Lipinski definition) is 2. The van der Waals surface area contributed by atoms with E-state index in [2.05, 4.69) is 5.32 Å². The summed E-state index contributed by atoms with van der Waals surface area (Å²) in [5.41, 5.74) is 0. The summed E-state index contributed by atoms with van der Waals surface area (Å²) >= 11 is 0. The van der Waals surface area contributed by atoms with E-state index in [1.54, 1.807) is 0 Å². The highest BCUT2D eigenvalue weighted by molar-refractivity contribution is 5.91. The maximum atomic E-state index is 11.4. The van der Waals surface area contributed by atoms with Gasteiger partial charge in [-0.25, -0.2) is 0 Å². The fourth-order valence-corrected chi connectivity index (χ4v) is 1.05. The number of carbonyl (C=O) groups excluding carboxylic acids is 1. The van der Waals surface area contributed by atoms with Gasteiger partial charge >= 0.3 is 0 Å². The summed E-state index contributed by atoms with van der Waals surface area (Å²) < 4.78 is 10.0. The number of ether oxygens (including phenoxy) is 2. The fourth-order valence-electron chi connectivity index (χ4n) is 1.05. The van der Waals surface area contributed by atoms with Gasteiger partial charge < -0.3 is 19.9 Å². The lowest BCUT2D eigenvalue weighted by Gasteiger charge is -2.17. The lowest BCUT2D eigenvalue weighted by molar-refractivity contribution is -0.122. The van der Waals surface area contributed by atoms with Crippen LogP contribution >= 0.6 is 0 Å². The molecule has 0 bridgehead atoms. The van der Waals surface area contributed by atoms with E-state index in [0.717, 1.165) is 0 Å². The van der Waals surface area contributed by atoms with E-state index in [9.17, 15) is 4.79 Å². The van der Waals surface area contributed by atoms with E-state index in [-0.39, 0.29) is 24.3 Å². The molecule has 1 amide bonds. The lowest BCUT2D eigenvalue weighted by Crippen LogP contribution is -2.35. The van der Waals surface area contributed by atoms with Crippen molar-refractivity contribution in [1.29, 1.82) is 0 Å². The Labute approximate surface area is 82.7 Å². The highest BCUT2D eigenvalue weighted by Gasteiger charge is 2.16. The number of hydrogen-bond acceptors (Lipinski definition) is 4. The van der Waals surface area contributed by atoms with Crippen molar-refractivity contribution in [1.82, 2.24) is 5.32 Å². The number of carbonyl (C=O) groups is 1. The van der Waals surface area contributed by atoms with E-state index in [0.29, 0.717) is 19.6 Å². The van der Waals surface area contributed by atoms with Crippen LogP contribution < -0.4 is 5.32 Å². The summed E-state index contributed by atoms with van der Waals surface area (Å²) in [6.07, 6.45) is 1.84. The first-order chi connectivity index (χ1) is 6.74. The highest BCUT2D eigenvalue weighted by atomic mass is 16.6. The predicted molar refractivity (Wildman–Crippen MR) is 49.3 cm³/mol. The molecule has 0 aromatic heterocycles. The molecule has 14 heavy (non-hydrogen) atoms. The Balaban J connectivity index is 2.37. The Morgan fingerprint density at radius 2 is 2.50 bits per heavy atom. The van der Waals surface area contributed by atoms with Gasteiger partial charge in [0.1, 0.15) is 19.5 Å². The van der Waals surface area contributed by atoms with E-state index < -0.39 is 0 Å². The van der Waals surface area contributed by atoms with Crippen LogP contribution in [0.2, 0.25) is 0 Å². The van der Waals surface area contributed by atoms with Crippen molar-refractivity contribution in [3.8, 4) is 0 Å². The van der Waals surface area contributed by atoms with Gasteiger partial charge in [-0.1, -0.05) is 0 Å². The molecule has 1 aliphatic heterocycles. The normalized spacial score (nSPS) is 17.4. The average molecular weight is 201 g/mol. The summed E-state index contributed by atoms with van der Waals surface area (Å²) in [6, 6.07) is -0.0704. The van der Waals surface area contributed by atoms with E-state index in [1.165, 1.54) is 6.26 Å². The molecule has 5 heteroatoms. The number of aliphatic hydroxyl groups is 1. The Bertz CT molecular complexity index is 227. The molecule has 80 valence electrons. The van der Waals surface area contributed by atoms with Gasteiger partial charge in [0.15, 0.2) is 0 Å². The number of aliphatic hydroxyl groups excluding tert-OH is 1. The maximum Gasteiger partial charge on any atom is 0.289 e. The van der Waals surface area contributed by atoms with Crippen molar-refractivity contribution in [2.24, 2.45) is 0 Å². The minimum absolute atomic E-state index is 0.0534. The maximum absolute atomic E-state index is 11.4. The van der Waals surface area contributed by atoms with Crippen LogP contribution in [-0.4, -0.2) is 36.9 Å². The number of nitrogens with one attached hydrogen (secondary N) is 1. The van der Waals surface area contributed by atoms with Crippen LogP contribution in [0.25, 0.3) is 0 Å². The second kappa shape index (κ2) is 5.49. The smallest absolute Gasteiger partial charge is 0.289 e. The van der Waals surface area contributed by atoms with Crippen molar-refractivity contribution < 1.29 is 19.4 Å². The van der Waals surface area contributed by atoms with E-state index >= 15 is 0 Å². The SMILES string of the molecule is CC(CCO)NC(=O)C1=COCCO1. The lowest BCUT2D eigenvalue weighted by atomic mass is 10.2.